The number of benzene rings is 1. The lowest BCUT2D eigenvalue weighted by atomic mass is 10.1. The number of hydrogen-bond acceptors (Lipinski definition) is 2. The molecule has 0 aliphatic heterocycles. The zero-order valence-corrected chi connectivity index (χ0v) is 10.0. The van der Waals surface area contributed by atoms with Crippen molar-refractivity contribution < 1.29 is 36.2 Å². The van der Waals surface area contributed by atoms with E-state index < -0.39 is 41.7 Å². The van der Waals surface area contributed by atoms with Crippen LogP contribution in [-0.2, 0) is 17.1 Å². The average molecular weight is 301 g/mol. The van der Waals surface area contributed by atoms with E-state index in [1.165, 1.54) is 0 Å². The minimum absolute atomic E-state index is 0.0158. The molecule has 9 heteroatoms. The number of aliphatic carboxylic acids is 1. The Bertz CT molecular complexity index is 476. The maximum Gasteiger partial charge on any atom is 0.416 e. The summed E-state index contributed by atoms with van der Waals surface area (Å²) in [6.45, 7) is -0.724. The number of carboxylic acids is 1. The number of halogens is 6. The molecule has 0 unspecified atom stereocenters. The third-order valence-electron chi connectivity index (χ3n) is 2.39. The van der Waals surface area contributed by atoms with Gasteiger partial charge in [0.25, 0.3) is 0 Å². The molecule has 0 heterocycles. The van der Waals surface area contributed by atoms with Crippen LogP contribution in [0.4, 0.5) is 32.0 Å². The molecule has 1 N–H and O–H groups in total. The molecule has 0 bridgehead atoms. The Morgan fingerprint density at radius 3 is 1.75 bits per heavy atom. The number of anilines is 1. The van der Waals surface area contributed by atoms with Gasteiger partial charge in [-0.2, -0.15) is 26.3 Å². The fourth-order valence-electron chi connectivity index (χ4n) is 1.45. The first-order valence-electron chi connectivity index (χ1n) is 5.13. The molecule has 0 saturated heterocycles. The number of rotatable bonds is 3. The molecule has 0 aliphatic carbocycles. The molecule has 3 nitrogen and oxygen atoms in total. The fraction of sp³-hybridized carbons (Fsp3) is 0.364. The minimum Gasteiger partial charge on any atom is -0.480 e. The lowest BCUT2D eigenvalue weighted by Crippen LogP contribution is -2.26. The highest BCUT2D eigenvalue weighted by Crippen LogP contribution is 2.38. The predicted octanol–water partition coefficient (Wildman–Crippen LogP) is 3.25. The number of hydrogen-bond donors (Lipinski definition) is 1. The van der Waals surface area contributed by atoms with Crippen molar-refractivity contribution in [2.24, 2.45) is 0 Å². The molecule has 1 aromatic carbocycles. The Morgan fingerprint density at radius 2 is 1.45 bits per heavy atom. The number of nitrogens with zero attached hydrogens (tertiary/aromatic N) is 1. The highest BCUT2D eigenvalue weighted by atomic mass is 19.4. The largest absolute Gasteiger partial charge is 0.480 e. The van der Waals surface area contributed by atoms with Crippen molar-refractivity contribution in [3.63, 3.8) is 0 Å². The Balaban J connectivity index is 3.34. The van der Waals surface area contributed by atoms with Gasteiger partial charge in [0.15, 0.2) is 0 Å². The first-order chi connectivity index (χ1) is 8.91. The second-order valence-electron chi connectivity index (χ2n) is 4.01. The van der Waals surface area contributed by atoms with Gasteiger partial charge >= 0.3 is 18.3 Å². The Morgan fingerprint density at radius 1 is 1.05 bits per heavy atom. The number of likely N-dealkylation sites (N-methyl/N-ethyl adjacent to an activating group) is 1. The first kappa shape index (κ1) is 16.1. The molecule has 1 aromatic rings. The topological polar surface area (TPSA) is 40.5 Å². The van der Waals surface area contributed by atoms with Gasteiger partial charge in [-0.15, -0.1) is 0 Å². The van der Waals surface area contributed by atoms with E-state index in [1.54, 1.807) is 0 Å². The van der Waals surface area contributed by atoms with Crippen LogP contribution in [0.15, 0.2) is 18.2 Å². The Kier molecular flexibility index (Phi) is 4.21. The molecule has 0 aliphatic rings. The highest BCUT2D eigenvalue weighted by molar-refractivity contribution is 5.73. The summed E-state index contributed by atoms with van der Waals surface area (Å²) in [6.07, 6.45) is -9.92. The summed E-state index contributed by atoms with van der Waals surface area (Å²) < 4.78 is 75.4. The summed E-state index contributed by atoms with van der Waals surface area (Å²) in [5, 5.41) is 8.52. The molecular formula is C11H9F6NO2. The molecule has 20 heavy (non-hydrogen) atoms. The van der Waals surface area contributed by atoms with Gasteiger partial charge in [-0.3, -0.25) is 4.79 Å². The molecule has 1 rings (SSSR count). The van der Waals surface area contributed by atoms with Crippen LogP contribution >= 0.6 is 0 Å². The zero-order valence-electron chi connectivity index (χ0n) is 10.0. The maximum absolute atomic E-state index is 12.6. The fourth-order valence-corrected chi connectivity index (χ4v) is 1.45. The van der Waals surface area contributed by atoms with Crippen LogP contribution in [0.3, 0.4) is 0 Å². The summed E-state index contributed by atoms with van der Waals surface area (Å²) in [5.74, 6) is -1.38. The second kappa shape index (κ2) is 5.22. The summed E-state index contributed by atoms with van der Waals surface area (Å²) >= 11 is 0. The van der Waals surface area contributed by atoms with E-state index in [4.69, 9.17) is 5.11 Å². The van der Waals surface area contributed by atoms with E-state index in [0.29, 0.717) is 12.1 Å². The molecule has 0 fully saturated rings. The van der Waals surface area contributed by atoms with E-state index in [0.717, 1.165) is 11.9 Å². The monoisotopic (exact) mass is 301 g/mol. The van der Waals surface area contributed by atoms with Gasteiger partial charge in [0, 0.05) is 12.7 Å². The molecular weight excluding hydrogens is 292 g/mol. The van der Waals surface area contributed by atoms with Crippen molar-refractivity contribution in [3.05, 3.63) is 29.3 Å². The molecule has 112 valence electrons. The van der Waals surface area contributed by atoms with Gasteiger partial charge in [-0.1, -0.05) is 0 Å². The Hall–Kier alpha value is -1.93. The summed E-state index contributed by atoms with van der Waals surface area (Å²) in [5.41, 5.74) is -3.45. The van der Waals surface area contributed by atoms with Crippen LogP contribution in [-0.4, -0.2) is 24.7 Å². The minimum atomic E-state index is -4.96. The Labute approximate surface area is 109 Å². The van der Waals surface area contributed by atoms with Gasteiger partial charge in [-0.05, 0) is 18.2 Å². The van der Waals surface area contributed by atoms with Crippen molar-refractivity contribution in [2.45, 2.75) is 12.4 Å². The number of carbonyl (C=O) groups is 1. The first-order valence-corrected chi connectivity index (χ1v) is 5.13. The van der Waals surface area contributed by atoms with Crippen LogP contribution < -0.4 is 4.90 Å². The van der Waals surface area contributed by atoms with Gasteiger partial charge < -0.3 is 10.0 Å². The third kappa shape index (κ3) is 4.04. The average Bonchev–Trinajstić information content (AvgIpc) is 2.25. The smallest absolute Gasteiger partial charge is 0.416 e. The van der Waals surface area contributed by atoms with Crippen molar-refractivity contribution in [3.8, 4) is 0 Å². The standard InChI is InChI=1S/C11H9F6NO2/c1-18(5-9(19)20)8-3-6(10(12,13)14)2-7(4-8)11(15,16)17/h2-4H,5H2,1H3,(H,19,20). The SMILES string of the molecule is CN(CC(=O)O)c1cc(C(F)(F)F)cc(C(F)(F)F)c1. The number of carboxylic acid groups (broad SMARTS) is 1. The van der Waals surface area contributed by atoms with E-state index in [-0.39, 0.29) is 6.07 Å². The predicted molar refractivity (Wildman–Crippen MR) is 57.4 cm³/mol. The van der Waals surface area contributed by atoms with Crippen molar-refractivity contribution in [2.75, 3.05) is 18.5 Å². The van der Waals surface area contributed by atoms with Crippen LogP contribution in [0.25, 0.3) is 0 Å². The maximum atomic E-state index is 12.6. The lowest BCUT2D eigenvalue weighted by molar-refractivity contribution is -0.143. The molecule has 0 spiro atoms. The van der Waals surface area contributed by atoms with Crippen molar-refractivity contribution >= 4 is 11.7 Å². The van der Waals surface area contributed by atoms with E-state index in [1.807, 2.05) is 0 Å². The summed E-state index contributed by atoms with van der Waals surface area (Å²) in [4.78, 5) is 11.2. The molecule has 0 atom stereocenters. The normalized spacial score (nSPS) is 12.3. The molecule has 0 aromatic heterocycles. The van der Waals surface area contributed by atoms with Crippen molar-refractivity contribution in [1.29, 1.82) is 0 Å². The third-order valence-corrected chi connectivity index (χ3v) is 2.39. The van der Waals surface area contributed by atoms with Gasteiger partial charge in [0.1, 0.15) is 6.54 Å². The van der Waals surface area contributed by atoms with Crippen LogP contribution in [0, 0.1) is 0 Å². The lowest BCUT2D eigenvalue weighted by Gasteiger charge is -2.20. The highest BCUT2D eigenvalue weighted by Gasteiger charge is 2.37. The van der Waals surface area contributed by atoms with Crippen LogP contribution in [0.1, 0.15) is 11.1 Å². The van der Waals surface area contributed by atoms with Crippen LogP contribution in [0.2, 0.25) is 0 Å². The summed E-state index contributed by atoms with van der Waals surface area (Å²) in [6, 6.07) is 0.925. The van der Waals surface area contributed by atoms with Gasteiger partial charge in [0.05, 0.1) is 11.1 Å². The van der Waals surface area contributed by atoms with E-state index in [9.17, 15) is 31.1 Å². The number of alkyl halides is 6. The van der Waals surface area contributed by atoms with E-state index >= 15 is 0 Å². The molecule has 0 amide bonds. The second-order valence-corrected chi connectivity index (χ2v) is 4.01. The quantitative estimate of drug-likeness (QED) is 0.871. The molecule has 0 radical (unpaired) electrons. The zero-order chi connectivity index (χ0) is 15.7. The van der Waals surface area contributed by atoms with Crippen LogP contribution in [0.5, 0.6) is 0 Å². The van der Waals surface area contributed by atoms with Gasteiger partial charge in [0.2, 0.25) is 0 Å². The van der Waals surface area contributed by atoms with Gasteiger partial charge in [-0.25, -0.2) is 0 Å². The molecule has 0 saturated carbocycles. The van der Waals surface area contributed by atoms with E-state index in [2.05, 4.69) is 0 Å². The van der Waals surface area contributed by atoms with Crippen molar-refractivity contribution in [1.82, 2.24) is 0 Å². The summed E-state index contributed by atoms with van der Waals surface area (Å²) in [7, 11) is 1.09.